The number of rotatable bonds is 3. The molecule has 0 bridgehead atoms. The lowest BCUT2D eigenvalue weighted by atomic mass is 10.0. The Bertz CT molecular complexity index is 553. The number of benzene rings is 1. The van der Waals surface area contributed by atoms with Crippen LogP contribution < -0.4 is 10.6 Å². The Morgan fingerprint density at radius 2 is 2.14 bits per heavy atom. The summed E-state index contributed by atoms with van der Waals surface area (Å²) in [6, 6.07) is 2.95. The van der Waals surface area contributed by atoms with E-state index in [2.05, 4.69) is 10.6 Å². The van der Waals surface area contributed by atoms with Gasteiger partial charge in [-0.25, -0.2) is 9.18 Å². The van der Waals surface area contributed by atoms with E-state index in [4.69, 9.17) is 16.3 Å². The molecule has 0 spiro atoms. The molecule has 0 unspecified atom stereocenters. The van der Waals surface area contributed by atoms with Crippen LogP contribution in [0.5, 0.6) is 0 Å². The largest absolute Gasteiger partial charge is 0.469 e. The van der Waals surface area contributed by atoms with Gasteiger partial charge in [-0.1, -0.05) is 18.0 Å². The first kappa shape index (κ1) is 15.6. The summed E-state index contributed by atoms with van der Waals surface area (Å²) >= 11 is 5.84. The third kappa shape index (κ3) is 3.85. The lowest BCUT2D eigenvalue weighted by Crippen LogP contribution is -2.42. The monoisotopic (exact) mass is 314 g/mol. The molecule has 1 aliphatic carbocycles. The van der Waals surface area contributed by atoms with Crippen LogP contribution in [0.15, 0.2) is 18.2 Å². The Morgan fingerprint density at radius 1 is 1.38 bits per heavy atom. The molecule has 0 aliphatic heterocycles. The number of urea groups is 1. The van der Waals surface area contributed by atoms with Gasteiger partial charge in [-0.3, -0.25) is 4.79 Å². The average Bonchev–Trinajstić information content (AvgIpc) is 2.89. The summed E-state index contributed by atoms with van der Waals surface area (Å²) in [5.74, 6) is -1.13. The molecule has 1 aromatic rings. The number of amides is 2. The molecule has 21 heavy (non-hydrogen) atoms. The molecule has 2 amide bonds. The van der Waals surface area contributed by atoms with Crippen LogP contribution in [0.2, 0.25) is 5.02 Å². The fourth-order valence-corrected chi connectivity index (χ4v) is 2.70. The van der Waals surface area contributed by atoms with Gasteiger partial charge >= 0.3 is 12.0 Å². The summed E-state index contributed by atoms with van der Waals surface area (Å²) < 4.78 is 17.7. The molecule has 1 saturated carbocycles. The normalized spacial score (nSPS) is 20.9. The molecule has 7 heteroatoms. The average molecular weight is 315 g/mol. The summed E-state index contributed by atoms with van der Waals surface area (Å²) in [4.78, 5) is 23.5. The van der Waals surface area contributed by atoms with Crippen LogP contribution in [0.1, 0.15) is 19.3 Å². The van der Waals surface area contributed by atoms with E-state index in [9.17, 15) is 14.0 Å². The van der Waals surface area contributed by atoms with Crippen molar-refractivity contribution in [2.45, 2.75) is 25.3 Å². The predicted molar refractivity (Wildman–Crippen MR) is 76.7 cm³/mol. The molecule has 2 rings (SSSR count). The van der Waals surface area contributed by atoms with E-state index < -0.39 is 11.8 Å². The number of hydrogen-bond acceptors (Lipinski definition) is 3. The van der Waals surface area contributed by atoms with Crippen molar-refractivity contribution in [1.29, 1.82) is 0 Å². The zero-order chi connectivity index (χ0) is 15.4. The highest BCUT2D eigenvalue weighted by Crippen LogP contribution is 2.27. The number of hydrogen-bond donors (Lipinski definition) is 2. The third-order valence-electron chi connectivity index (χ3n) is 3.52. The molecule has 2 N–H and O–H groups in total. The maximum atomic E-state index is 12.9. The van der Waals surface area contributed by atoms with Crippen molar-refractivity contribution in [3.05, 3.63) is 29.0 Å². The Labute approximate surface area is 126 Å². The molecule has 0 saturated heterocycles. The van der Waals surface area contributed by atoms with Crippen molar-refractivity contribution < 1.29 is 18.7 Å². The second kappa shape index (κ2) is 6.76. The van der Waals surface area contributed by atoms with E-state index in [1.165, 1.54) is 19.2 Å². The van der Waals surface area contributed by atoms with Gasteiger partial charge < -0.3 is 15.4 Å². The van der Waals surface area contributed by atoms with Crippen molar-refractivity contribution >= 4 is 29.3 Å². The van der Waals surface area contributed by atoms with E-state index in [-0.39, 0.29) is 23.0 Å². The van der Waals surface area contributed by atoms with Gasteiger partial charge in [0.15, 0.2) is 0 Å². The van der Waals surface area contributed by atoms with Gasteiger partial charge in [0.2, 0.25) is 0 Å². The van der Waals surface area contributed by atoms with Crippen molar-refractivity contribution in [2.24, 2.45) is 5.92 Å². The number of esters is 1. The molecule has 2 atom stereocenters. The minimum Gasteiger partial charge on any atom is -0.469 e. The first-order chi connectivity index (χ1) is 10.0. The number of nitrogens with one attached hydrogen (secondary N) is 2. The number of anilines is 1. The number of ether oxygens (including phenoxy) is 1. The minimum absolute atomic E-state index is 0.112. The highest BCUT2D eigenvalue weighted by Gasteiger charge is 2.34. The van der Waals surface area contributed by atoms with Crippen LogP contribution in [0.3, 0.4) is 0 Å². The molecule has 0 aromatic heterocycles. The van der Waals surface area contributed by atoms with E-state index in [0.29, 0.717) is 18.5 Å². The highest BCUT2D eigenvalue weighted by molar-refractivity contribution is 6.33. The Hall–Kier alpha value is -1.82. The van der Waals surface area contributed by atoms with E-state index in [0.717, 1.165) is 12.5 Å². The lowest BCUT2D eigenvalue weighted by Gasteiger charge is -2.19. The van der Waals surface area contributed by atoms with Gasteiger partial charge in [-0.15, -0.1) is 0 Å². The summed E-state index contributed by atoms with van der Waals surface area (Å²) in [7, 11) is 1.33. The molecule has 1 aromatic carbocycles. The molecule has 1 fully saturated rings. The van der Waals surface area contributed by atoms with Crippen LogP contribution in [-0.4, -0.2) is 25.2 Å². The second-order valence-corrected chi connectivity index (χ2v) is 5.30. The van der Waals surface area contributed by atoms with Crippen molar-refractivity contribution in [3.8, 4) is 0 Å². The van der Waals surface area contributed by atoms with Crippen LogP contribution in [0.4, 0.5) is 14.9 Å². The Balaban J connectivity index is 1.96. The summed E-state index contributed by atoms with van der Waals surface area (Å²) in [5.41, 5.74) is 0.309. The SMILES string of the molecule is COC(=O)[C@@H]1CCC[C@H]1NC(=O)Nc1ccc(F)cc1Cl. The maximum absolute atomic E-state index is 12.9. The standard InChI is InChI=1S/C14H16ClFN2O3/c1-21-13(19)9-3-2-4-11(9)17-14(20)18-12-6-5-8(16)7-10(12)15/h5-7,9,11H,2-4H2,1H3,(H2,17,18,20)/t9-,11-/m1/s1. The van der Waals surface area contributed by atoms with Crippen LogP contribution in [0, 0.1) is 11.7 Å². The van der Waals surface area contributed by atoms with Crippen LogP contribution in [0.25, 0.3) is 0 Å². The lowest BCUT2D eigenvalue weighted by molar-refractivity contribution is -0.145. The maximum Gasteiger partial charge on any atom is 0.319 e. The smallest absolute Gasteiger partial charge is 0.319 e. The van der Waals surface area contributed by atoms with Gasteiger partial charge in [0.05, 0.1) is 23.7 Å². The van der Waals surface area contributed by atoms with Crippen LogP contribution in [-0.2, 0) is 9.53 Å². The van der Waals surface area contributed by atoms with Crippen LogP contribution >= 0.6 is 11.6 Å². The predicted octanol–water partition coefficient (Wildman–Crippen LogP) is 2.94. The van der Waals surface area contributed by atoms with Crippen molar-refractivity contribution in [3.63, 3.8) is 0 Å². The molecular formula is C14H16ClFN2O3. The molecule has 5 nitrogen and oxygen atoms in total. The van der Waals surface area contributed by atoms with Gasteiger partial charge in [-0.2, -0.15) is 0 Å². The zero-order valence-corrected chi connectivity index (χ0v) is 12.2. The quantitative estimate of drug-likeness (QED) is 0.843. The Kier molecular flexibility index (Phi) is 5.01. The van der Waals surface area contributed by atoms with Crippen molar-refractivity contribution in [1.82, 2.24) is 5.32 Å². The van der Waals surface area contributed by atoms with E-state index >= 15 is 0 Å². The number of carbonyl (C=O) groups excluding carboxylic acids is 2. The third-order valence-corrected chi connectivity index (χ3v) is 3.83. The molecule has 114 valence electrons. The Morgan fingerprint density at radius 3 is 2.81 bits per heavy atom. The highest BCUT2D eigenvalue weighted by atomic mass is 35.5. The van der Waals surface area contributed by atoms with E-state index in [1.54, 1.807) is 0 Å². The molecule has 1 aliphatic rings. The summed E-state index contributed by atoms with van der Waals surface area (Å²) in [5, 5.41) is 5.38. The molecule has 0 heterocycles. The second-order valence-electron chi connectivity index (χ2n) is 4.89. The fraction of sp³-hybridized carbons (Fsp3) is 0.429. The first-order valence-corrected chi connectivity index (χ1v) is 6.99. The fourth-order valence-electron chi connectivity index (χ4n) is 2.48. The first-order valence-electron chi connectivity index (χ1n) is 6.61. The molecule has 0 radical (unpaired) electrons. The van der Waals surface area contributed by atoms with Gasteiger partial charge in [0, 0.05) is 6.04 Å². The minimum atomic E-state index is -0.482. The van der Waals surface area contributed by atoms with Gasteiger partial charge in [-0.05, 0) is 31.0 Å². The topological polar surface area (TPSA) is 67.4 Å². The summed E-state index contributed by atoms with van der Waals surface area (Å²) in [6.45, 7) is 0. The number of methoxy groups -OCH3 is 1. The van der Waals surface area contributed by atoms with Crippen molar-refractivity contribution in [2.75, 3.05) is 12.4 Å². The van der Waals surface area contributed by atoms with E-state index in [1.807, 2.05) is 0 Å². The summed E-state index contributed by atoms with van der Waals surface area (Å²) in [6.07, 6.45) is 2.25. The van der Waals surface area contributed by atoms with Gasteiger partial charge in [0.1, 0.15) is 5.82 Å². The zero-order valence-electron chi connectivity index (χ0n) is 11.5. The number of carbonyl (C=O) groups is 2. The van der Waals surface area contributed by atoms with Gasteiger partial charge in [0.25, 0.3) is 0 Å². The number of halogens is 2. The molecular weight excluding hydrogens is 299 g/mol.